The predicted molar refractivity (Wildman–Crippen MR) is 125 cm³/mol. The van der Waals surface area contributed by atoms with Crippen molar-refractivity contribution >= 4 is 17.5 Å². The number of H-pyrrole nitrogens is 1. The van der Waals surface area contributed by atoms with E-state index in [1.54, 1.807) is 12.1 Å². The normalized spacial score (nSPS) is 15.3. The average molecular weight is 444 g/mol. The largest absolute Gasteiger partial charge is 0.507 e. The molecule has 0 aliphatic carbocycles. The molecule has 1 atom stereocenters. The summed E-state index contributed by atoms with van der Waals surface area (Å²) < 4.78 is 0. The summed E-state index contributed by atoms with van der Waals surface area (Å²) in [6.45, 7) is 4.33. The van der Waals surface area contributed by atoms with Crippen molar-refractivity contribution in [3.8, 4) is 17.0 Å². The van der Waals surface area contributed by atoms with Crippen LogP contribution in [0.3, 0.4) is 0 Å². The molecule has 1 aliphatic rings. The zero-order valence-electron chi connectivity index (χ0n) is 17.8. The van der Waals surface area contributed by atoms with Gasteiger partial charge in [-0.3, -0.25) is 9.89 Å². The molecule has 0 spiro atoms. The molecule has 2 heterocycles. The van der Waals surface area contributed by atoms with E-state index in [1.165, 1.54) is 5.56 Å². The lowest BCUT2D eigenvalue weighted by atomic mass is 9.95. The van der Waals surface area contributed by atoms with Crippen molar-refractivity contribution < 1.29 is 9.90 Å². The van der Waals surface area contributed by atoms with Gasteiger partial charge >= 0.3 is 0 Å². The first kappa shape index (κ1) is 20.3. The molecule has 5 nitrogen and oxygen atoms in total. The van der Waals surface area contributed by atoms with Crippen molar-refractivity contribution in [1.29, 1.82) is 0 Å². The number of halogens is 1. The molecule has 0 fully saturated rings. The third kappa shape index (κ3) is 3.35. The minimum atomic E-state index is -0.340. The van der Waals surface area contributed by atoms with E-state index in [4.69, 9.17) is 11.6 Å². The standard InChI is InChI=1S/C26H22ClN3O2/c1-15-8-10-17(11-9-15)14-30-25(18-6-4-3-5-7-18)22-23(28-29-24(22)26(30)32)19-13-20(27)16(2)12-21(19)31/h3-13,25,31H,14H2,1-2H3,(H,28,29). The summed E-state index contributed by atoms with van der Waals surface area (Å²) in [6, 6.07) is 21.1. The maximum atomic E-state index is 13.5. The summed E-state index contributed by atoms with van der Waals surface area (Å²) in [5, 5.41) is 18.5. The lowest BCUT2D eigenvalue weighted by Gasteiger charge is -2.26. The monoisotopic (exact) mass is 443 g/mol. The molecular weight excluding hydrogens is 422 g/mol. The number of phenolic OH excluding ortho intramolecular Hbond substituents is 1. The second kappa shape index (κ2) is 7.84. The third-order valence-electron chi connectivity index (χ3n) is 5.98. The Morgan fingerprint density at radius 1 is 1.06 bits per heavy atom. The van der Waals surface area contributed by atoms with Crippen LogP contribution < -0.4 is 0 Å². The Hall–Kier alpha value is -3.57. The molecular formula is C26H22ClN3O2. The highest BCUT2D eigenvalue weighted by atomic mass is 35.5. The highest BCUT2D eigenvalue weighted by Crippen LogP contribution is 2.45. The molecule has 0 radical (unpaired) electrons. The molecule has 6 heteroatoms. The lowest BCUT2D eigenvalue weighted by Crippen LogP contribution is -2.29. The van der Waals surface area contributed by atoms with E-state index >= 15 is 0 Å². The van der Waals surface area contributed by atoms with Gasteiger partial charge in [0.15, 0.2) is 0 Å². The van der Waals surface area contributed by atoms with Gasteiger partial charge in [-0.05, 0) is 42.7 Å². The number of phenols is 1. The number of rotatable bonds is 4. The van der Waals surface area contributed by atoms with Crippen LogP contribution in [0.25, 0.3) is 11.3 Å². The number of benzene rings is 3. The predicted octanol–water partition coefficient (Wildman–Crippen LogP) is 5.80. The van der Waals surface area contributed by atoms with E-state index in [0.717, 1.165) is 22.3 Å². The minimum absolute atomic E-state index is 0.0810. The van der Waals surface area contributed by atoms with Gasteiger partial charge in [-0.25, -0.2) is 0 Å². The van der Waals surface area contributed by atoms with Gasteiger partial charge in [-0.1, -0.05) is 71.8 Å². The Kier molecular flexibility index (Phi) is 4.98. The van der Waals surface area contributed by atoms with E-state index in [-0.39, 0.29) is 17.7 Å². The minimum Gasteiger partial charge on any atom is -0.507 e. The third-order valence-corrected chi connectivity index (χ3v) is 6.39. The topological polar surface area (TPSA) is 69.2 Å². The Balaban J connectivity index is 1.66. The molecule has 3 aromatic carbocycles. The van der Waals surface area contributed by atoms with Crippen LogP contribution in [0, 0.1) is 13.8 Å². The van der Waals surface area contributed by atoms with Crippen LogP contribution in [0.4, 0.5) is 0 Å². The van der Waals surface area contributed by atoms with Crippen LogP contribution in [0.2, 0.25) is 5.02 Å². The van der Waals surface area contributed by atoms with Crippen molar-refractivity contribution in [2.45, 2.75) is 26.4 Å². The van der Waals surface area contributed by atoms with E-state index < -0.39 is 0 Å². The van der Waals surface area contributed by atoms with Gasteiger partial charge in [0.2, 0.25) is 0 Å². The molecule has 0 saturated carbocycles. The first-order valence-corrected chi connectivity index (χ1v) is 10.8. The average Bonchev–Trinajstić information content (AvgIpc) is 3.32. The molecule has 160 valence electrons. The fourth-order valence-corrected chi connectivity index (χ4v) is 4.46. The zero-order valence-corrected chi connectivity index (χ0v) is 18.5. The molecule has 5 rings (SSSR count). The number of nitrogens with zero attached hydrogens (tertiary/aromatic N) is 2. The molecule has 32 heavy (non-hydrogen) atoms. The van der Waals surface area contributed by atoms with E-state index in [2.05, 4.69) is 10.2 Å². The van der Waals surface area contributed by atoms with Crippen LogP contribution in [0.5, 0.6) is 5.75 Å². The van der Waals surface area contributed by atoms with Crippen molar-refractivity contribution in [3.63, 3.8) is 0 Å². The van der Waals surface area contributed by atoms with Gasteiger partial charge in [-0.2, -0.15) is 5.10 Å². The first-order valence-electron chi connectivity index (χ1n) is 10.4. The Bertz CT molecular complexity index is 1310. The SMILES string of the molecule is Cc1ccc(CN2C(=O)c3[nH]nc(-c4cc(Cl)c(C)cc4O)c3C2c2ccccc2)cc1. The van der Waals surface area contributed by atoms with Crippen LogP contribution in [0.15, 0.2) is 66.7 Å². The Morgan fingerprint density at radius 2 is 1.78 bits per heavy atom. The Labute approximate surface area is 191 Å². The fourth-order valence-electron chi connectivity index (χ4n) is 4.29. The molecule has 0 saturated heterocycles. The Morgan fingerprint density at radius 3 is 2.50 bits per heavy atom. The maximum absolute atomic E-state index is 13.5. The van der Waals surface area contributed by atoms with Crippen LogP contribution in [0.1, 0.15) is 44.3 Å². The van der Waals surface area contributed by atoms with Crippen molar-refractivity contribution in [1.82, 2.24) is 15.1 Å². The number of amides is 1. The number of hydrogen-bond donors (Lipinski definition) is 2. The fraction of sp³-hybridized carbons (Fsp3) is 0.154. The molecule has 0 bridgehead atoms. The number of aromatic hydroxyl groups is 1. The van der Waals surface area contributed by atoms with Crippen LogP contribution in [-0.4, -0.2) is 26.1 Å². The number of fused-ring (bicyclic) bond motifs is 1. The van der Waals surface area contributed by atoms with Crippen molar-refractivity contribution in [3.05, 3.63) is 105 Å². The summed E-state index contributed by atoms with van der Waals surface area (Å²) in [5.41, 5.74) is 6.21. The molecule has 1 aliphatic heterocycles. The number of nitrogens with one attached hydrogen (secondary N) is 1. The summed E-state index contributed by atoms with van der Waals surface area (Å²) >= 11 is 6.36. The highest BCUT2D eigenvalue weighted by molar-refractivity contribution is 6.31. The molecule has 1 unspecified atom stereocenters. The molecule has 4 aromatic rings. The molecule has 2 N–H and O–H groups in total. The zero-order chi connectivity index (χ0) is 22.4. The summed E-state index contributed by atoms with van der Waals surface area (Å²) in [7, 11) is 0. The second-order valence-electron chi connectivity index (χ2n) is 8.21. The number of aromatic amines is 1. The highest BCUT2D eigenvalue weighted by Gasteiger charge is 2.42. The number of carbonyl (C=O) groups is 1. The summed E-state index contributed by atoms with van der Waals surface area (Å²) in [6.07, 6.45) is 0. The lowest BCUT2D eigenvalue weighted by molar-refractivity contribution is 0.0730. The van der Waals surface area contributed by atoms with Gasteiger partial charge in [0, 0.05) is 22.7 Å². The molecule has 1 aromatic heterocycles. The van der Waals surface area contributed by atoms with E-state index in [0.29, 0.717) is 28.5 Å². The van der Waals surface area contributed by atoms with Crippen LogP contribution >= 0.6 is 11.6 Å². The van der Waals surface area contributed by atoms with E-state index in [1.807, 2.05) is 73.3 Å². The number of aryl methyl sites for hydroxylation is 2. The van der Waals surface area contributed by atoms with Crippen molar-refractivity contribution in [2.24, 2.45) is 0 Å². The van der Waals surface area contributed by atoms with Crippen LogP contribution in [-0.2, 0) is 6.54 Å². The maximum Gasteiger partial charge on any atom is 0.273 e. The smallest absolute Gasteiger partial charge is 0.273 e. The summed E-state index contributed by atoms with van der Waals surface area (Å²) in [5.74, 6) is -0.0386. The number of aromatic nitrogens is 2. The van der Waals surface area contributed by atoms with Crippen molar-refractivity contribution in [2.75, 3.05) is 0 Å². The van der Waals surface area contributed by atoms with Gasteiger partial charge in [-0.15, -0.1) is 0 Å². The van der Waals surface area contributed by atoms with Gasteiger partial charge in [0.1, 0.15) is 17.1 Å². The summed E-state index contributed by atoms with van der Waals surface area (Å²) in [4.78, 5) is 15.3. The number of carbonyl (C=O) groups excluding carboxylic acids is 1. The molecule has 1 amide bonds. The van der Waals surface area contributed by atoms with Gasteiger partial charge in [0.05, 0.1) is 6.04 Å². The van der Waals surface area contributed by atoms with Gasteiger partial charge in [0.25, 0.3) is 5.91 Å². The van der Waals surface area contributed by atoms with E-state index in [9.17, 15) is 9.90 Å². The first-order chi connectivity index (χ1) is 15.4. The quantitative estimate of drug-likeness (QED) is 0.419. The second-order valence-corrected chi connectivity index (χ2v) is 8.62. The number of hydrogen-bond acceptors (Lipinski definition) is 3. The van der Waals surface area contributed by atoms with Gasteiger partial charge < -0.3 is 10.0 Å².